The lowest BCUT2D eigenvalue weighted by Crippen LogP contribution is -2.34. The normalized spacial score (nSPS) is 12.6. The molecule has 1 aromatic carbocycles. The molecular formula is C14H22N2O2. The molecule has 18 heavy (non-hydrogen) atoms. The molecule has 0 bridgehead atoms. The summed E-state index contributed by atoms with van der Waals surface area (Å²) < 4.78 is 0. The zero-order valence-corrected chi connectivity index (χ0v) is 11.1. The quantitative estimate of drug-likeness (QED) is 0.735. The van der Waals surface area contributed by atoms with Crippen LogP contribution in [0.1, 0.15) is 18.4 Å². The first-order chi connectivity index (χ1) is 8.58. The molecule has 1 rings (SSSR count). The Kier molecular flexibility index (Phi) is 6.39. The number of carbonyl (C=O) groups is 1. The van der Waals surface area contributed by atoms with Gasteiger partial charge >= 0.3 is 5.97 Å². The third-order valence-corrected chi connectivity index (χ3v) is 2.78. The van der Waals surface area contributed by atoms with Gasteiger partial charge in [-0.15, -0.1) is 0 Å². The van der Waals surface area contributed by atoms with Crippen molar-refractivity contribution in [2.45, 2.75) is 25.4 Å². The molecule has 2 N–H and O–H groups in total. The Hall–Kier alpha value is -1.39. The number of benzene rings is 1. The molecule has 0 heterocycles. The maximum atomic E-state index is 10.8. The van der Waals surface area contributed by atoms with E-state index in [-0.39, 0.29) is 12.5 Å². The highest BCUT2D eigenvalue weighted by molar-refractivity contribution is 5.67. The zero-order chi connectivity index (χ0) is 13.4. The van der Waals surface area contributed by atoms with E-state index in [1.165, 1.54) is 5.56 Å². The van der Waals surface area contributed by atoms with Crippen LogP contribution in [0.4, 0.5) is 0 Å². The van der Waals surface area contributed by atoms with Gasteiger partial charge in [-0.2, -0.15) is 0 Å². The van der Waals surface area contributed by atoms with Gasteiger partial charge in [0, 0.05) is 12.6 Å². The summed E-state index contributed by atoms with van der Waals surface area (Å²) in [6.07, 6.45) is 1.01. The summed E-state index contributed by atoms with van der Waals surface area (Å²) in [7, 11) is 3.99. The second-order valence-electron chi connectivity index (χ2n) is 4.75. The van der Waals surface area contributed by atoms with E-state index in [2.05, 4.69) is 10.2 Å². The first kappa shape index (κ1) is 14.7. The Bertz CT molecular complexity index is 352. The third-order valence-electron chi connectivity index (χ3n) is 2.78. The Balaban J connectivity index is 2.42. The predicted octanol–water partition coefficient (Wildman–Crippen LogP) is 1.57. The predicted molar refractivity (Wildman–Crippen MR) is 72.5 cm³/mol. The van der Waals surface area contributed by atoms with Gasteiger partial charge in [0.25, 0.3) is 0 Å². The first-order valence-corrected chi connectivity index (χ1v) is 6.21. The molecule has 0 fully saturated rings. The molecule has 0 spiro atoms. The van der Waals surface area contributed by atoms with Gasteiger partial charge in [-0.25, -0.2) is 0 Å². The SMILES string of the molecule is CN(C)CCC(CC(=O)O)NCc1ccccc1. The molecule has 1 aromatic rings. The van der Waals surface area contributed by atoms with Gasteiger partial charge in [0.2, 0.25) is 0 Å². The standard InChI is InChI=1S/C14H22N2O2/c1-16(2)9-8-13(10-14(17)18)15-11-12-6-4-3-5-7-12/h3-7,13,15H,8-11H2,1-2H3,(H,17,18). The summed E-state index contributed by atoms with van der Waals surface area (Å²) >= 11 is 0. The van der Waals surface area contributed by atoms with Crippen molar-refractivity contribution in [3.63, 3.8) is 0 Å². The first-order valence-electron chi connectivity index (χ1n) is 6.21. The van der Waals surface area contributed by atoms with E-state index in [0.29, 0.717) is 6.54 Å². The summed E-state index contributed by atoms with van der Waals surface area (Å²) in [5, 5.41) is 12.2. The number of carboxylic acids is 1. The van der Waals surface area contributed by atoms with Crippen LogP contribution < -0.4 is 5.32 Å². The molecule has 0 amide bonds. The van der Waals surface area contributed by atoms with Crippen molar-refractivity contribution < 1.29 is 9.90 Å². The van der Waals surface area contributed by atoms with E-state index in [0.717, 1.165) is 13.0 Å². The molecule has 0 radical (unpaired) electrons. The minimum Gasteiger partial charge on any atom is -0.481 e. The lowest BCUT2D eigenvalue weighted by Gasteiger charge is -2.19. The monoisotopic (exact) mass is 250 g/mol. The maximum Gasteiger partial charge on any atom is 0.304 e. The summed E-state index contributed by atoms with van der Waals surface area (Å²) in [5.74, 6) is -0.751. The highest BCUT2D eigenvalue weighted by Gasteiger charge is 2.12. The summed E-state index contributed by atoms with van der Waals surface area (Å²) in [6.45, 7) is 1.60. The molecule has 1 unspecified atom stereocenters. The molecule has 0 saturated heterocycles. The van der Waals surface area contributed by atoms with Crippen LogP contribution in [0.2, 0.25) is 0 Å². The average molecular weight is 250 g/mol. The molecule has 4 heteroatoms. The van der Waals surface area contributed by atoms with Crippen molar-refractivity contribution in [1.82, 2.24) is 10.2 Å². The van der Waals surface area contributed by atoms with Crippen molar-refractivity contribution in [3.8, 4) is 0 Å². The van der Waals surface area contributed by atoms with Gasteiger partial charge in [-0.05, 0) is 32.6 Å². The topological polar surface area (TPSA) is 52.6 Å². The van der Waals surface area contributed by atoms with Gasteiger partial charge in [0.1, 0.15) is 0 Å². The Morgan fingerprint density at radius 2 is 2.00 bits per heavy atom. The molecule has 0 aromatic heterocycles. The minimum absolute atomic E-state index is 0.0186. The van der Waals surface area contributed by atoms with Crippen LogP contribution in [-0.4, -0.2) is 42.7 Å². The Morgan fingerprint density at radius 1 is 1.33 bits per heavy atom. The van der Waals surface area contributed by atoms with E-state index in [1.54, 1.807) is 0 Å². The summed E-state index contributed by atoms with van der Waals surface area (Å²) in [6, 6.07) is 10.1. The zero-order valence-electron chi connectivity index (χ0n) is 11.1. The number of aliphatic carboxylic acids is 1. The summed E-state index contributed by atoms with van der Waals surface area (Å²) in [5.41, 5.74) is 1.18. The van der Waals surface area contributed by atoms with Crippen molar-refractivity contribution in [2.24, 2.45) is 0 Å². The molecule has 4 nitrogen and oxygen atoms in total. The molecular weight excluding hydrogens is 228 g/mol. The maximum absolute atomic E-state index is 10.8. The molecule has 0 saturated carbocycles. The van der Waals surface area contributed by atoms with E-state index >= 15 is 0 Å². The molecule has 0 aliphatic carbocycles. The van der Waals surface area contributed by atoms with E-state index in [9.17, 15) is 4.79 Å². The van der Waals surface area contributed by atoms with Crippen molar-refractivity contribution >= 4 is 5.97 Å². The lowest BCUT2D eigenvalue weighted by molar-refractivity contribution is -0.137. The number of nitrogens with zero attached hydrogens (tertiary/aromatic N) is 1. The second-order valence-corrected chi connectivity index (χ2v) is 4.75. The Morgan fingerprint density at radius 3 is 2.56 bits per heavy atom. The van der Waals surface area contributed by atoms with Crippen molar-refractivity contribution in [1.29, 1.82) is 0 Å². The fraction of sp³-hybridized carbons (Fsp3) is 0.500. The smallest absolute Gasteiger partial charge is 0.304 e. The van der Waals surface area contributed by atoms with E-state index in [4.69, 9.17) is 5.11 Å². The van der Waals surface area contributed by atoms with Crippen LogP contribution in [-0.2, 0) is 11.3 Å². The minimum atomic E-state index is -0.751. The van der Waals surface area contributed by atoms with Gasteiger partial charge in [0.15, 0.2) is 0 Å². The van der Waals surface area contributed by atoms with Crippen molar-refractivity contribution in [3.05, 3.63) is 35.9 Å². The van der Waals surface area contributed by atoms with Gasteiger partial charge in [-0.1, -0.05) is 30.3 Å². The number of nitrogens with one attached hydrogen (secondary N) is 1. The fourth-order valence-corrected chi connectivity index (χ4v) is 1.76. The van der Waals surface area contributed by atoms with Crippen LogP contribution in [0, 0.1) is 0 Å². The van der Waals surface area contributed by atoms with Gasteiger partial charge in [0.05, 0.1) is 6.42 Å². The van der Waals surface area contributed by atoms with Crippen LogP contribution in [0.25, 0.3) is 0 Å². The second kappa shape index (κ2) is 7.84. The van der Waals surface area contributed by atoms with Crippen LogP contribution in [0.15, 0.2) is 30.3 Å². The fourth-order valence-electron chi connectivity index (χ4n) is 1.76. The largest absolute Gasteiger partial charge is 0.481 e. The Labute approximate surface area is 109 Å². The van der Waals surface area contributed by atoms with Gasteiger partial charge < -0.3 is 15.3 Å². The number of carboxylic acid groups (broad SMARTS) is 1. The molecule has 0 aliphatic heterocycles. The van der Waals surface area contributed by atoms with Gasteiger partial charge in [-0.3, -0.25) is 4.79 Å². The van der Waals surface area contributed by atoms with E-state index in [1.807, 2.05) is 44.4 Å². The number of rotatable bonds is 8. The highest BCUT2D eigenvalue weighted by atomic mass is 16.4. The van der Waals surface area contributed by atoms with E-state index < -0.39 is 5.97 Å². The third kappa shape index (κ3) is 6.37. The van der Waals surface area contributed by atoms with Crippen LogP contribution >= 0.6 is 0 Å². The molecule has 0 aliphatic rings. The lowest BCUT2D eigenvalue weighted by atomic mass is 10.1. The van der Waals surface area contributed by atoms with Crippen LogP contribution in [0.5, 0.6) is 0 Å². The number of hydrogen-bond acceptors (Lipinski definition) is 3. The van der Waals surface area contributed by atoms with Crippen molar-refractivity contribution in [2.75, 3.05) is 20.6 Å². The summed E-state index contributed by atoms with van der Waals surface area (Å²) in [4.78, 5) is 12.9. The average Bonchev–Trinajstić information content (AvgIpc) is 2.33. The molecule has 100 valence electrons. The molecule has 1 atom stereocenters. The van der Waals surface area contributed by atoms with Crippen LogP contribution in [0.3, 0.4) is 0 Å². The number of hydrogen-bond donors (Lipinski definition) is 2. The highest BCUT2D eigenvalue weighted by Crippen LogP contribution is 2.03.